The molecule has 0 aliphatic heterocycles. The normalized spacial score (nSPS) is 10.2. The number of amides is 2. The SMILES string of the molecule is CCCNC(=O)c1ccc(NC(=O)CCc2ccccc2N)cc1. The molecule has 126 valence electrons. The molecule has 24 heavy (non-hydrogen) atoms. The Morgan fingerprint density at radius 2 is 1.75 bits per heavy atom. The van der Waals surface area contributed by atoms with E-state index in [2.05, 4.69) is 10.6 Å². The third-order valence-corrected chi connectivity index (χ3v) is 3.64. The standard InChI is InChI=1S/C19H23N3O2/c1-2-13-21-19(24)15-7-10-16(11-8-15)22-18(23)12-9-14-5-3-4-6-17(14)20/h3-8,10-11H,2,9,12-13,20H2,1H3,(H,21,24)(H,22,23). The lowest BCUT2D eigenvalue weighted by atomic mass is 10.1. The molecule has 5 nitrogen and oxygen atoms in total. The van der Waals surface area contributed by atoms with Crippen LogP contribution in [0.4, 0.5) is 11.4 Å². The summed E-state index contributed by atoms with van der Waals surface area (Å²) in [6, 6.07) is 14.4. The van der Waals surface area contributed by atoms with Crippen molar-refractivity contribution in [1.29, 1.82) is 0 Å². The van der Waals surface area contributed by atoms with Gasteiger partial charge in [0.15, 0.2) is 0 Å². The molecule has 4 N–H and O–H groups in total. The number of benzene rings is 2. The van der Waals surface area contributed by atoms with E-state index < -0.39 is 0 Å². The van der Waals surface area contributed by atoms with E-state index in [1.165, 1.54) is 0 Å². The molecule has 0 fully saturated rings. The molecule has 2 aromatic carbocycles. The molecule has 2 aromatic rings. The topological polar surface area (TPSA) is 84.2 Å². The van der Waals surface area contributed by atoms with Crippen LogP contribution in [0.1, 0.15) is 35.7 Å². The number of nitrogens with two attached hydrogens (primary N) is 1. The fraction of sp³-hybridized carbons (Fsp3) is 0.263. The fourth-order valence-electron chi connectivity index (χ4n) is 2.28. The van der Waals surface area contributed by atoms with Crippen LogP contribution in [0.5, 0.6) is 0 Å². The molecule has 0 atom stereocenters. The van der Waals surface area contributed by atoms with Gasteiger partial charge in [-0.25, -0.2) is 0 Å². The highest BCUT2D eigenvalue weighted by Crippen LogP contribution is 2.14. The number of anilines is 2. The van der Waals surface area contributed by atoms with Gasteiger partial charge in [-0.3, -0.25) is 9.59 Å². The van der Waals surface area contributed by atoms with Gasteiger partial charge in [-0.2, -0.15) is 0 Å². The maximum Gasteiger partial charge on any atom is 0.251 e. The van der Waals surface area contributed by atoms with E-state index in [-0.39, 0.29) is 11.8 Å². The van der Waals surface area contributed by atoms with E-state index in [0.29, 0.717) is 36.3 Å². The number of nitrogens with one attached hydrogen (secondary N) is 2. The molecule has 0 aliphatic rings. The van der Waals surface area contributed by atoms with E-state index in [4.69, 9.17) is 5.73 Å². The number of carbonyl (C=O) groups excluding carboxylic acids is 2. The molecule has 5 heteroatoms. The summed E-state index contributed by atoms with van der Waals surface area (Å²) in [5.41, 5.74) is 8.80. The van der Waals surface area contributed by atoms with Crippen LogP contribution in [0.2, 0.25) is 0 Å². The third kappa shape index (κ3) is 5.12. The van der Waals surface area contributed by atoms with Crippen molar-refractivity contribution in [3.63, 3.8) is 0 Å². The number of nitrogen functional groups attached to an aromatic ring is 1. The Balaban J connectivity index is 1.85. The molecule has 2 rings (SSSR count). The van der Waals surface area contributed by atoms with Crippen molar-refractivity contribution >= 4 is 23.2 Å². The van der Waals surface area contributed by atoms with Gasteiger partial charge in [0.2, 0.25) is 5.91 Å². The van der Waals surface area contributed by atoms with Crippen molar-refractivity contribution in [2.75, 3.05) is 17.6 Å². The minimum absolute atomic E-state index is 0.0820. The number of para-hydroxylation sites is 1. The second kappa shape index (κ2) is 8.72. The van der Waals surface area contributed by atoms with Crippen LogP contribution in [-0.4, -0.2) is 18.4 Å². The predicted octanol–water partition coefficient (Wildman–Crippen LogP) is 2.98. The first-order valence-corrected chi connectivity index (χ1v) is 8.11. The smallest absolute Gasteiger partial charge is 0.251 e. The summed E-state index contributed by atoms with van der Waals surface area (Å²) in [6.07, 6.45) is 1.84. The summed E-state index contributed by atoms with van der Waals surface area (Å²) < 4.78 is 0. The summed E-state index contributed by atoms with van der Waals surface area (Å²) in [6.45, 7) is 2.65. The van der Waals surface area contributed by atoms with Gasteiger partial charge in [0.05, 0.1) is 0 Å². The lowest BCUT2D eigenvalue weighted by molar-refractivity contribution is -0.116. The van der Waals surface area contributed by atoms with Crippen molar-refractivity contribution in [1.82, 2.24) is 5.32 Å². The molecule has 0 spiro atoms. The van der Waals surface area contributed by atoms with Crippen LogP contribution in [0.15, 0.2) is 48.5 Å². The Bertz CT molecular complexity index is 696. The summed E-state index contributed by atoms with van der Waals surface area (Å²) in [7, 11) is 0. The average Bonchev–Trinajstić information content (AvgIpc) is 2.59. The minimum atomic E-state index is -0.103. The maximum atomic E-state index is 12.0. The van der Waals surface area contributed by atoms with Gasteiger partial charge >= 0.3 is 0 Å². The van der Waals surface area contributed by atoms with Crippen molar-refractivity contribution in [3.05, 3.63) is 59.7 Å². The minimum Gasteiger partial charge on any atom is -0.399 e. The summed E-state index contributed by atoms with van der Waals surface area (Å²) >= 11 is 0. The van der Waals surface area contributed by atoms with Crippen molar-refractivity contribution in [2.45, 2.75) is 26.2 Å². The van der Waals surface area contributed by atoms with Crippen molar-refractivity contribution in [2.24, 2.45) is 0 Å². The largest absolute Gasteiger partial charge is 0.399 e. The average molecular weight is 325 g/mol. The highest BCUT2D eigenvalue weighted by atomic mass is 16.2. The van der Waals surface area contributed by atoms with Crippen molar-refractivity contribution in [3.8, 4) is 0 Å². The van der Waals surface area contributed by atoms with E-state index >= 15 is 0 Å². The maximum absolute atomic E-state index is 12.0. The predicted molar refractivity (Wildman–Crippen MR) is 96.9 cm³/mol. The van der Waals surface area contributed by atoms with Crippen LogP contribution in [-0.2, 0) is 11.2 Å². The molecule has 0 aliphatic carbocycles. The highest BCUT2D eigenvalue weighted by molar-refractivity contribution is 5.95. The van der Waals surface area contributed by atoms with Gasteiger partial charge in [-0.15, -0.1) is 0 Å². The van der Waals surface area contributed by atoms with Crippen LogP contribution < -0.4 is 16.4 Å². The number of hydrogen-bond donors (Lipinski definition) is 3. The zero-order chi connectivity index (χ0) is 17.4. The lowest BCUT2D eigenvalue weighted by Gasteiger charge is -2.08. The van der Waals surface area contributed by atoms with Crippen LogP contribution in [0, 0.1) is 0 Å². The summed E-state index contributed by atoms with van der Waals surface area (Å²) in [4.78, 5) is 23.8. The number of rotatable bonds is 7. The number of aryl methyl sites for hydroxylation is 1. The Kier molecular flexibility index (Phi) is 6.37. The summed E-state index contributed by atoms with van der Waals surface area (Å²) in [5, 5.41) is 5.64. The molecule has 0 saturated carbocycles. The van der Waals surface area contributed by atoms with Crippen LogP contribution in [0.25, 0.3) is 0 Å². The van der Waals surface area contributed by atoms with Gasteiger partial charge in [0, 0.05) is 29.9 Å². The Labute approximate surface area is 142 Å². The van der Waals surface area contributed by atoms with Crippen LogP contribution >= 0.6 is 0 Å². The van der Waals surface area contributed by atoms with E-state index in [1.54, 1.807) is 24.3 Å². The fourth-order valence-corrected chi connectivity index (χ4v) is 2.28. The molecular weight excluding hydrogens is 302 g/mol. The molecule has 0 radical (unpaired) electrons. The molecule has 2 amide bonds. The Morgan fingerprint density at radius 1 is 1.04 bits per heavy atom. The molecule has 0 saturated heterocycles. The zero-order valence-corrected chi connectivity index (χ0v) is 13.8. The number of hydrogen-bond acceptors (Lipinski definition) is 3. The van der Waals surface area contributed by atoms with Gasteiger partial charge in [-0.1, -0.05) is 25.1 Å². The molecular formula is C19H23N3O2. The first-order valence-electron chi connectivity index (χ1n) is 8.11. The molecule has 0 heterocycles. The first kappa shape index (κ1) is 17.5. The van der Waals surface area contributed by atoms with E-state index in [9.17, 15) is 9.59 Å². The van der Waals surface area contributed by atoms with Gasteiger partial charge in [-0.05, 0) is 48.7 Å². The molecule has 0 bridgehead atoms. The molecule has 0 aromatic heterocycles. The van der Waals surface area contributed by atoms with Gasteiger partial charge in [0.1, 0.15) is 0 Å². The van der Waals surface area contributed by atoms with Crippen molar-refractivity contribution < 1.29 is 9.59 Å². The lowest BCUT2D eigenvalue weighted by Crippen LogP contribution is -2.23. The quantitative estimate of drug-likeness (QED) is 0.684. The van der Waals surface area contributed by atoms with Gasteiger partial charge < -0.3 is 16.4 Å². The second-order valence-electron chi connectivity index (χ2n) is 5.58. The third-order valence-electron chi connectivity index (χ3n) is 3.64. The zero-order valence-electron chi connectivity index (χ0n) is 13.8. The Morgan fingerprint density at radius 3 is 2.42 bits per heavy atom. The monoisotopic (exact) mass is 325 g/mol. The molecule has 0 unspecified atom stereocenters. The Hall–Kier alpha value is -2.82. The second-order valence-corrected chi connectivity index (χ2v) is 5.58. The highest BCUT2D eigenvalue weighted by Gasteiger charge is 2.07. The first-order chi connectivity index (χ1) is 11.6. The summed E-state index contributed by atoms with van der Waals surface area (Å²) in [5.74, 6) is -0.185. The van der Waals surface area contributed by atoms with Gasteiger partial charge in [0.25, 0.3) is 5.91 Å². The van der Waals surface area contributed by atoms with E-state index in [0.717, 1.165) is 12.0 Å². The number of carbonyl (C=O) groups is 2. The van der Waals surface area contributed by atoms with Crippen LogP contribution in [0.3, 0.4) is 0 Å². The van der Waals surface area contributed by atoms with E-state index in [1.807, 2.05) is 31.2 Å².